The number of hydrogen-bond donors (Lipinski definition) is 2. The molecule has 1 aliphatic rings. The standard InChI is InChI=1S/C15H21N3O2/c1-20-15-8-12(9-16)4-5-14(15)17-10-13(19)11-18-6-2-3-7-18/h4-5,8,13,17,19H,2-3,6-7,10-11H2,1H3. The van der Waals surface area contributed by atoms with Gasteiger partial charge in [0, 0.05) is 19.2 Å². The van der Waals surface area contributed by atoms with Crippen LogP contribution in [-0.2, 0) is 0 Å². The summed E-state index contributed by atoms with van der Waals surface area (Å²) >= 11 is 0. The molecule has 20 heavy (non-hydrogen) atoms. The summed E-state index contributed by atoms with van der Waals surface area (Å²) in [6.07, 6.45) is 2.04. The lowest BCUT2D eigenvalue weighted by Gasteiger charge is -2.20. The van der Waals surface area contributed by atoms with E-state index in [4.69, 9.17) is 10.00 Å². The molecule has 0 amide bonds. The van der Waals surface area contributed by atoms with Gasteiger partial charge in [-0.05, 0) is 38.1 Å². The number of nitrogens with zero attached hydrogens (tertiary/aromatic N) is 2. The van der Waals surface area contributed by atoms with Crippen molar-refractivity contribution in [2.24, 2.45) is 0 Å². The fraction of sp³-hybridized carbons (Fsp3) is 0.533. The lowest BCUT2D eigenvalue weighted by molar-refractivity contribution is 0.135. The number of benzene rings is 1. The van der Waals surface area contributed by atoms with Crippen LogP contribution < -0.4 is 10.1 Å². The second-order valence-corrected chi connectivity index (χ2v) is 5.07. The van der Waals surface area contributed by atoms with E-state index < -0.39 is 6.10 Å². The SMILES string of the molecule is COc1cc(C#N)ccc1NCC(O)CN1CCCC1. The molecule has 1 fully saturated rings. The Balaban J connectivity index is 1.88. The van der Waals surface area contributed by atoms with Gasteiger partial charge in [0.1, 0.15) is 5.75 Å². The molecule has 0 bridgehead atoms. The van der Waals surface area contributed by atoms with Gasteiger partial charge in [0.15, 0.2) is 0 Å². The van der Waals surface area contributed by atoms with Crippen LogP contribution >= 0.6 is 0 Å². The minimum absolute atomic E-state index is 0.409. The van der Waals surface area contributed by atoms with Crippen LogP contribution in [0.15, 0.2) is 18.2 Å². The number of ether oxygens (including phenoxy) is 1. The number of likely N-dealkylation sites (tertiary alicyclic amines) is 1. The van der Waals surface area contributed by atoms with E-state index in [1.807, 2.05) is 0 Å². The van der Waals surface area contributed by atoms with Gasteiger partial charge in [-0.2, -0.15) is 5.26 Å². The van der Waals surface area contributed by atoms with Crippen LogP contribution in [0.4, 0.5) is 5.69 Å². The average Bonchev–Trinajstić information content (AvgIpc) is 2.97. The summed E-state index contributed by atoms with van der Waals surface area (Å²) in [5, 5.41) is 22.1. The second-order valence-electron chi connectivity index (χ2n) is 5.07. The molecule has 1 heterocycles. The lowest BCUT2D eigenvalue weighted by Crippen LogP contribution is -2.34. The highest BCUT2D eigenvalue weighted by molar-refractivity contribution is 5.59. The van der Waals surface area contributed by atoms with Gasteiger partial charge in [-0.1, -0.05) is 0 Å². The van der Waals surface area contributed by atoms with Crippen LogP contribution in [0, 0.1) is 11.3 Å². The van der Waals surface area contributed by atoms with Crippen molar-refractivity contribution in [1.82, 2.24) is 4.90 Å². The average molecular weight is 275 g/mol. The predicted octanol–water partition coefficient (Wildman–Crippen LogP) is 1.44. The van der Waals surface area contributed by atoms with Crippen LogP contribution in [-0.4, -0.2) is 49.4 Å². The molecule has 1 aliphatic heterocycles. The van der Waals surface area contributed by atoms with Gasteiger partial charge in [-0.3, -0.25) is 0 Å². The van der Waals surface area contributed by atoms with E-state index >= 15 is 0 Å². The van der Waals surface area contributed by atoms with Crippen molar-refractivity contribution in [2.75, 3.05) is 38.6 Å². The van der Waals surface area contributed by atoms with Gasteiger partial charge in [-0.25, -0.2) is 0 Å². The molecule has 1 saturated heterocycles. The largest absolute Gasteiger partial charge is 0.495 e. The maximum atomic E-state index is 10.0. The third kappa shape index (κ3) is 3.86. The molecule has 1 aromatic carbocycles. The normalized spacial score (nSPS) is 16.6. The van der Waals surface area contributed by atoms with Crippen molar-refractivity contribution in [3.05, 3.63) is 23.8 Å². The summed E-state index contributed by atoms with van der Waals surface area (Å²) in [7, 11) is 1.57. The van der Waals surface area contributed by atoms with E-state index in [1.54, 1.807) is 25.3 Å². The minimum Gasteiger partial charge on any atom is -0.495 e. The Morgan fingerprint density at radius 2 is 2.20 bits per heavy atom. The van der Waals surface area contributed by atoms with Crippen LogP contribution in [0.5, 0.6) is 5.75 Å². The summed E-state index contributed by atoms with van der Waals surface area (Å²) < 4.78 is 5.25. The number of nitrogens with one attached hydrogen (secondary N) is 1. The number of methoxy groups -OCH3 is 1. The Hall–Kier alpha value is -1.77. The topological polar surface area (TPSA) is 68.5 Å². The summed E-state index contributed by atoms with van der Waals surface area (Å²) in [4.78, 5) is 2.28. The maximum Gasteiger partial charge on any atom is 0.143 e. The van der Waals surface area contributed by atoms with E-state index in [-0.39, 0.29) is 0 Å². The van der Waals surface area contributed by atoms with E-state index in [9.17, 15) is 5.11 Å². The van der Waals surface area contributed by atoms with E-state index in [2.05, 4.69) is 16.3 Å². The number of nitriles is 1. The molecular weight excluding hydrogens is 254 g/mol. The van der Waals surface area contributed by atoms with Crippen molar-refractivity contribution >= 4 is 5.69 Å². The zero-order valence-corrected chi connectivity index (χ0v) is 11.8. The summed E-state index contributed by atoms with van der Waals surface area (Å²) in [6.45, 7) is 3.33. The first-order chi connectivity index (χ1) is 9.72. The third-order valence-corrected chi connectivity index (χ3v) is 3.53. The second kappa shape index (κ2) is 7.13. The highest BCUT2D eigenvalue weighted by Gasteiger charge is 2.16. The Kier molecular flexibility index (Phi) is 5.22. The molecule has 2 rings (SSSR count). The summed E-state index contributed by atoms with van der Waals surface area (Å²) in [5.41, 5.74) is 1.36. The van der Waals surface area contributed by atoms with Crippen LogP contribution in [0.3, 0.4) is 0 Å². The highest BCUT2D eigenvalue weighted by atomic mass is 16.5. The maximum absolute atomic E-state index is 10.0. The summed E-state index contributed by atoms with van der Waals surface area (Å²) in [5.74, 6) is 0.623. The fourth-order valence-corrected chi connectivity index (χ4v) is 2.46. The minimum atomic E-state index is -0.409. The molecule has 1 aromatic rings. The summed E-state index contributed by atoms with van der Waals surface area (Å²) in [6, 6.07) is 7.31. The number of rotatable bonds is 6. The van der Waals surface area contributed by atoms with Crippen molar-refractivity contribution in [1.29, 1.82) is 5.26 Å². The molecule has 0 radical (unpaired) electrons. The Morgan fingerprint density at radius 1 is 1.45 bits per heavy atom. The third-order valence-electron chi connectivity index (χ3n) is 3.53. The zero-order chi connectivity index (χ0) is 14.4. The number of aliphatic hydroxyl groups is 1. The van der Waals surface area contributed by atoms with E-state index in [0.717, 1.165) is 18.8 Å². The van der Waals surface area contributed by atoms with Crippen LogP contribution in [0.25, 0.3) is 0 Å². The van der Waals surface area contributed by atoms with E-state index in [0.29, 0.717) is 24.4 Å². The molecular formula is C15H21N3O2. The van der Waals surface area contributed by atoms with Crippen molar-refractivity contribution in [3.8, 4) is 11.8 Å². The number of hydrogen-bond acceptors (Lipinski definition) is 5. The molecule has 1 atom stereocenters. The van der Waals surface area contributed by atoms with Crippen molar-refractivity contribution in [3.63, 3.8) is 0 Å². The van der Waals surface area contributed by atoms with Gasteiger partial charge >= 0.3 is 0 Å². The Morgan fingerprint density at radius 3 is 2.85 bits per heavy atom. The molecule has 0 saturated carbocycles. The Bertz CT molecular complexity index is 478. The molecule has 2 N–H and O–H groups in total. The van der Waals surface area contributed by atoms with Gasteiger partial charge < -0.3 is 20.1 Å². The van der Waals surface area contributed by atoms with Crippen LogP contribution in [0.2, 0.25) is 0 Å². The molecule has 0 aliphatic carbocycles. The first-order valence-electron chi connectivity index (χ1n) is 6.95. The van der Waals surface area contributed by atoms with Crippen molar-refractivity contribution < 1.29 is 9.84 Å². The first-order valence-corrected chi connectivity index (χ1v) is 6.95. The van der Waals surface area contributed by atoms with Crippen molar-refractivity contribution in [2.45, 2.75) is 18.9 Å². The molecule has 5 nitrogen and oxygen atoms in total. The predicted molar refractivity (Wildman–Crippen MR) is 77.9 cm³/mol. The van der Waals surface area contributed by atoms with Gasteiger partial charge in [-0.15, -0.1) is 0 Å². The lowest BCUT2D eigenvalue weighted by atomic mass is 10.2. The molecule has 5 heteroatoms. The van der Waals surface area contributed by atoms with Crippen LogP contribution in [0.1, 0.15) is 18.4 Å². The number of anilines is 1. The van der Waals surface area contributed by atoms with Gasteiger partial charge in [0.2, 0.25) is 0 Å². The first kappa shape index (κ1) is 14.6. The fourth-order valence-electron chi connectivity index (χ4n) is 2.46. The Labute approximate surface area is 119 Å². The quantitative estimate of drug-likeness (QED) is 0.822. The molecule has 0 aromatic heterocycles. The number of β-amino-alcohol motifs (C(OH)–C–C–N with tert-alkyl or cyclic N) is 1. The highest BCUT2D eigenvalue weighted by Crippen LogP contribution is 2.25. The zero-order valence-electron chi connectivity index (χ0n) is 11.8. The smallest absolute Gasteiger partial charge is 0.143 e. The molecule has 1 unspecified atom stereocenters. The molecule has 0 spiro atoms. The van der Waals surface area contributed by atoms with E-state index in [1.165, 1.54) is 12.8 Å². The number of aliphatic hydroxyl groups excluding tert-OH is 1. The van der Waals surface area contributed by atoms with Gasteiger partial charge in [0.05, 0.1) is 30.5 Å². The monoisotopic (exact) mass is 275 g/mol. The van der Waals surface area contributed by atoms with Gasteiger partial charge in [0.25, 0.3) is 0 Å². The molecule has 108 valence electrons.